The molecular weight excluding hydrogens is 340 g/mol. The van der Waals surface area contributed by atoms with Crippen molar-refractivity contribution in [1.29, 1.82) is 0 Å². The Morgan fingerprint density at radius 3 is 2.92 bits per heavy atom. The number of hydrogen-bond donors (Lipinski definition) is 4. The number of nitrogens with zero attached hydrogens (tertiary/aromatic N) is 1. The van der Waals surface area contributed by atoms with Gasteiger partial charge in [0.25, 0.3) is 5.56 Å². The van der Waals surface area contributed by atoms with Crippen molar-refractivity contribution in [1.82, 2.24) is 15.0 Å². The second kappa shape index (κ2) is 5.75. The summed E-state index contributed by atoms with van der Waals surface area (Å²) in [5.41, 5.74) is 9.10. The highest BCUT2D eigenvalue weighted by molar-refractivity contribution is 7.13. The number of nitrogens with one attached hydrogen (secondary N) is 2. The SMILES string of the molecule is Nc1nc(-c2ccc3[nH]c(=O)c4[nH]cc(CCC(=O)O)c4c3c2)cs1. The standard InChI is InChI=1S/C17H14N4O3S/c18-17-21-12(7-25-17)8-1-3-11-10(5-8)14-9(2-4-13(22)23)6-19-15(14)16(24)20-11/h1,3,5-7,19H,2,4H2,(H2,18,21)(H,20,24)(H,22,23). The Morgan fingerprint density at radius 1 is 1.36 bits per heavy atom. The summed E-state index contributed by atoms with van der Waals surface area (Å²) in [6.45, 7) is 0. The quantitative estimate of drug-likeness (QED) is 0.448. The number of aromatic nitrogens is 3. The van der Waals surface area contributed by atoms with Gasteiger partial charge in [0.1, 0.15) is 5.52 Å². The molecular formula is C17H14N4O3S. The van der Waals surface area contributed by atoms with Gasteiger partial charge < -0.3 is 20.8 Å². The number of anilines is 1. The zero-order valence-corrected chi connectivity index (χ0v) is 13.8. The van der Waals surface area contributed by atoms with E-state index in [0.29, 0.717) is 22.6 Å². The van der Waals surface area contributed by atoms with E-state index in [1.165, 1.54) is 11.3 Å². The fourth-order valence-electron chi connectivity index (χ4n) is 3.01. The Hall–Kier alpha value is -3.13. The van der Waals surface area contributed by atoms with E-state index in [0.717, 1.165) is 27.6 Å². The summed E-state index contributed by atoms with van der Waals surface area (Å²) in [6.07, 6.45) is 2.06. The summed E-state index contributed by atoms with van der Waals surface area (Å²) in [5.74, 6) is -0.873. The van der Waals surface area contributed by atoms with Crippen molar-refractivity contribution in [2.24, 2.45) is 0 Å². The molecule has 8 heteroatoms. The zero-order valence-electron chi connectivity index (χ0n) is 13.0. The number of carbonyl (C=O) groups is 1. The number of aromatic amines is 2. The average Bonchev–Trinajstić information content (AvgIpc) is 3.20. The normalized spacial score (nSPS) is 11.4. The molecule has 0 unspecified atom stereocenters. The number of hydrogen-bond acceptors (Lipinski definition) is 5. The fraction of sp³-hybridized carbons (Fsp3) is 0.118. The molecule has 0 bridgehead atoms. The van der Waals surface area contributed by atoms with Crippen LogP contribution in [0.3, 0.4) is 0 Å². The molecule has 126 valence electrons. The Balaban J connectivity index is 1.97. The van der Waals surface area contributed by atoms with Gasteiger partial charge in [0.15, 0.2) is 5.13 Å². The van der Waals surface area contributed by atoms with Gasteiger partial charge in [0.2, 0.25) is 0 Å². The molecule has 0 fully saturated rings. The molecule has 1 aromatic carbocycles. The van der Waals surface area contributed by atoms with E-state index in [-0.39, 0.29) is 12.0 Å². The molecule has 7 nitrogen and oxygen atoms in total. The van der Waals surface area contributed by atoms with E-state index in [1.807, 2.05) is 23.6 Å². The molecule has 4 rings (SSSR count). The minimum atomic E-state index is -0.873. The van der Waals surface area contributed by atoms with Crippen LogP contribution in [-0.2, 0) is 11.2 Å². The molecule has 0 aliphatic rings. The van der Waals surface area contributed by atoms with Crippen LogP contribution < -0.4 is 11.3 Å². The van der Waals surface area contributed by atoms with Crippen LogP contribution in [0.25, 0.3) is 33.1 Å². The number of nitrogens with two attached hydrogens (primary N) is 1. The van der Waals surface area contributed by atoms with Crippen LogP contribution in [0.5, 0.6) is 0 Å². The van der Waals surface area contributed by atoms with Crippen molar-refractivity contribution in [2.75, 3.05) is 5.73 Å². The topological polar surface area (TPSA) is 125 Å². The third-order valence-corrected chi connectivity index (χ3v) is 4.83. The largest absolute Gasteiger partial charge is 0.481 e. The van der Waals surface area contributed by atoms with Gasteiger partial charge in [-0.05, 0) is 24.1 Å². The van der Waals surface area contributed by atoms with Crippen LogP contribution in [0.4, 0.5) is 5.13 Å². The summed E-state index contributed by atoms with van der Waals surface area (Å²) < 4.78 is 0. The van der Waals surface area contributed by atoms with Crippen molar-refractivity contribution >= 4 is 44.2 Å². The summed E-state index contributed by atoms with van der Waals surface area (Å²) in [6, 6.07) is 5.65. The summed E-state index contributed by atoms with van der Waals surface area (Å²) in [4.78, 5) is 33.3. The average molecular weight is 354 g/mol. The van der Waals surface area contributed by atoms with E-state index >= 15 is 0 Å². The molecule has 0 saturated heterocycles. The van der Waals surface area contributed by atoms with Crippen LogP contribution in [0, 0.1) is 0 Å². The van der Waals surface area contributed by atoms with Gasteiger partial charge in [-0.1, -0.05) is 6.07 Å². The lowest BCUT2D eigenvalue weighted by Crippen LogP contribution is -2.06. The lowest BCUT2D eigenvalue weighted by atomic mass is 10.0. The first-order valence-corrected chi connectivity index (χ1v) is 8.50. The molecule has 0 spiro atoms. The lowest BCUT2D eigenvalue weighted by Gasteiger charge is -2.05. The molecule has 0 aliphatic heterocycles. The lowest BCUT2D eigenvalue weighted by molar-refractivity contribution is -0.136. The number of benzene rings is 1. The van der Waals surface area contributed by atoms with Crippen LogP contribution in [-0.4, -0.2) is 26.0 Å². The molecule has 5 N–H and O–H groups in total. The number of fused-ring (bicyclic) bond motifs is 3. The van der Waals surface area contributed by atoms with Crippen molar-refractivity contribution in [3.05, 3.63) is 45.7 Å². The van der Waals surface area contributed by atoms with E-state index in [9.17, 15) is 9.59 Å². The van der Waals surface area contributed by atoms with Gasteiger partial charge in [-0.15, -0.1) is 11.3 Å². The summed E-state index contributed by atoms with van der Waals surface area (Å²) >= 11 is 1.36. The Bertz CT molecular complexity index is 1170. The summed E-state index contributed by atoms with van der Waals surface area (Å²) in [5, 5.41) is 12.9. The first kappa shape index (κ1) is 15.4. The maximum atomic E-state index is 12.3. The Morgan fingerprint density at radius 2 is 2.20 bits per heavy atom. The van der Waals surface area contributed by atoms with E-state index < -0.39 is 5.97 Å². The molecule has 0 saturated carbocycles. The second-order valence-corrected chi connectivity index (χ2v) is 6.63. The minimum absolute atomic E-state index is 0.00353. The molecule has 3 heterocycles. The molecule has 0 aliphatic carbocycles. The maximum absolute atomic E-state index is 12.3. The molecule has 0 atom stereocenters. The number of aryl methyl sites for hydroxylation is 1. The van der Waals surface area contributed by atoms with E-state index in [1.54, 1.807) is 6.20 Å². The zero-order chi connectivity index (χ0) is 17.6. The number of H-pyrrole nitrogens is 2. The molecule has 4 aromatic rings. The molecule has 3 aromatic heterocycles. The fourth-order valence-corrected chi connectivity index (χ4v) is 3.59. The third kappa shape index (κ3) is 2.66. The Labute approximate surface area is 145 Å². The van der Waals surface area contributed by atoms with Gasteiger partial charge in [0, 0.05) is 39.9 Å². The van der Waals surface area contributed by atoms with Gasteiger partial charge >= 0.3 is 5.97 Å². The number of thiazole rings is 1. The van der Waals surface area contributed by atoms with Gasteiger partial charge in [-0.3, -0.25) is 9.59 Å². The number of carboxylic acids is 1. The first-order valence-electron chi connectivity index (χ1n) is 7.62. The van der Waals surface area contributed by atoms with Crippen LogP contribution in [0.1, 0.15) is 12.0 Å². The van der Waals surface area contributed by atoms with Gasteiger partial charge in [-0.25, -0.2) is 4.98 Å². The first-order chi connectivity index (χ1) is 12.0. The number of rotatable bonds is 4. The van der Waals surface area contributed by atoms with E-state index in [2.05, 4.69) is 15.0 Å². The van der Waals surface area contributed by atoms with Gasteiger partial charge in [0.05, 0.1) is 5.69 Å². The van der Waals surface area contributed by atoms with Crippen LogP contribution in [0.15, 0.2) is 34.6 Å². The molecule has 25 heavy (non-hydrogen) atoms. The highest BCUT2D eigenvalue weighted by Crippen LogP contribution is 2.30. The van der Waals surface area contributed by atoms with Crippen LogP contribution >= 0.6 is 11.3 Å². The predicted molar refractivity (Wildman–Crippen MR) is 97.9 cm³/mol. The van der Waals surface area contributed by atoms with Crippen molar-refractivity contribution in [3.63, 3.8) is 0 Å². The Kier molecular flexibility index (Phi) is 3.54. The van der Waals surface area contributed by atoms with Crippen molar-refractivity contribution in [3.8, 4) is 11.3 Å². The number of nitrogen functional groups attached to an aromatic ring is 1. The van der Waals surface area contributed by atoms with E-state index in [4.69, 9.17) is 10.8 Å². The highest BCUT2D eigenvalue weighted by atomic mass is 32.1. The highest BCUT2D eigenvalue weighted by Gasteiger charge is 2.14. The monoisotopic (exact) mass is 354 g/mol. The number of carboxylic acid groups (broad SMARTS) is 1. The molecule has 0 amide bonds. The number of aliphatic carboxylic acids is 1. The van der Waals surface area contributed by atoms with Gasteiger partial charge in [-0.2, -0.15) is 0 Å². The maximum Gasteiger partial charge on any atom is 0.303 e. The number of pyridine rings is 1. The second-order valence-electron chi connectivity index (χ2n) is 5.74. The smallest absolute Gasteiger partial charge is 0.303 e. The predicted octanol–water partition coefficient (Wildman–Crippen LogP) is 2.73. The molecule has 0 radical (unpaired) electrons. The van der Waals surface area contributed by atoms with Crippen molar-refractivity contribution in [2.45, 2.75) is 12.8 Å². The minimum Gasteiger partial charge on any atom is -0.481 e. The van der Waals surface area contributed by atoms with Crippen LogP contribution in [0.2, 0.25) is 0 Å². The third-order valence-electron chi connectivity index (χ3n) is 4.15. The summed E-state index contributed by atoms with van der Waals surface area (Å²) in [7, 11) is 0. The van der Waals surface area contributed by atoms with Crippen molar-refractivity contribution < 1.29 is 9.90 Å².